The van der Waals surface area contributed by atoms with E-state index in [1.807, 2.05) is 48.7 Å². The monoisotopic (exact) mass is 512 g/mol. The maximum Gasteiger partial charge on any atom is 0.270 e. The van der Waals surface area contributed by atoms with Crippen molar-refractivity contribution in [1.82, 2.24) is 4.57 Å². The van der Waals surface area contributed by atoms with Crippen LogP contribution >= 0.6 is 47.2 Å². The molecule has 8 heteroatoms. The van der Waals surface area contributed by atoms with Crippen LogP contribution in [0.3, 0.4) is 0 Å². The fourth-order valence-electron chi connectivity index (χ4n) is 3.80. The smallest absolute Gasteiger partial charge is 0.270 e. The molecule has 1 fully saturated rings. The molecule has 1 saturated heterocycles. The van der Waals surface area contributed by atoms with Crippen LogP contribution in [0.1, 0.15) is 11.1 Å². The molecule has 4 aromatic rings. The quantitative estimate of drug-likeness (QED) is 0.208. The molecule has 164 valence electrons. The van der Waals surface area contributed by atoms with E-state index < -0.39 is 5.82 Å². The van der Waals surface area contributed by atoms with E-state index in [2.05, 4.69) is 4.57 Å². The van der Waals surface area contributed by atoms with Crippen LogP contribution in [0.25, 0.3) is 17.0 Å². The third-order valence-electron chi connectivity index (χ3n) is 5.32. The number of fused-ring (bicyclic) bond motifs is 1. The molecule has 3 nitrogen and oxygen atoms in total. The molecule has 0 aliphatic carbocycles. The Morgan fingerprint density at radius 2 is 1.85 bits per heavy atom. The molecule has 2 heterocycles. The van der Waals surface area contributed by atoms with E-state index in [4.69, 9.17) is 35.4 Å². The number of amides is 1. The van der Waals surface area contributed by atoms with Gasteiger partial charge >= 0.3 is 0 Å². The lowest BCUT2D eigenvalue weighted by molar-refractivity contribution is -0.113. The second kappa shape index (κ2) is 8.95. The predicted octanol–water partition coefficient (Wildman–Crippen LogP) is 7.54. The SMILES string of the molecule is O=C1C(=Cc2cn(Cc3ccc(Cl)cc3Cl)c3ccccc23)SC(=S)N1c1cccc(F)c1. The summed E-state index contributed by atoms with van der Waals surface area (Å²) in [5.41, 5.74) is 3.25. The van der Waals surface area contributed by atoms with Gasteiger partial charge in [0.15, 0.2) is 4.32 Å². The minimum Gasteiger partial charge on any atom is -0.342 e. The minimum atomic E-state index is -0.422. The molecule has 33 heavy (non-hydrogen) atoms. The van der Waals surface area contributed by atoms with Crippen LogP contribution < -0.4 is 4.90 Å². The van der Waals surface area contributed by atoms with Gasteiger partial charge in [0, 0.05) is 39.3 Å². The van der Waals surface area contributed by atoms with E-state index in [9.17, 15) is 9.18 Å². The van der Waals surface area contributed by atoms with Crippen molar-refractivity contribution in [2.45, 2.75) is 6.54 Å². The fourth-order valence-corrected chi connectivity index (χ4v) is 5.56. The van der Waals surface area contributed by atoms with E-state index in [1.54, 1.807) is 18.2 Å². The van der Waals surface area contributed by atoms with E-state index in [0.29, 0.717) is 31.5 Å². The van der Waals surface area contributed by atoms with Crippen molar-refractivity contribution in [2.75, 3.05) is 4.90 Å². The standard InChI is InChI=1S/C25H15Cl2FN2OS2/c26-17-9-8-15(21(27)11-17)13-29-14-16(20-6-1-2-7-22(20)29)10-23-24(31)30(25(32)33-23)19-5-3-4-18(28)12-19/h1-12,14H,13H2. The van der Waals surface area contributed by atoms with Crippen LogP contribution in [0.2, 0.25) is 10.0 Å². The number of thioether (sulfide) groups is 1. The van der Waals surface area contributed by atoms with Crippen molar-refractivity contribution in [2.24, 2.45) is 0 Å². The number of aromatic nitrogens is 1. The molecule has 0 saturated carbocycles. The molecular weight excluding hydrogens is 498 g/mol. The highest BCUT2D eigenvalue weighted by molar-refractivity contribution is 8.27. The lowest BCUT2D eigenvalue weighted by Gasteiger charge is -2.14. The maximum atomic E-state index is 13.7. The average molecular weight is 513 g/mol. The van der Waals surface area contributed by atoms with Crippen molar-refractivity contribution in [3.63, 3.8) is 0 Å². The van der Waals surface area contributed by atoms with Crippen LogP contribution in [0.4, 0.5) is 10.1 Å². The summed E-state index contributed by atoms with van der Waals surface area (Å²) in [7, 11) is 0. The second-order valence-corrected chi connectivity index (χ2v) is 9.98. The molecule has 0 atom stereocenters. The number of para-hydroxylation sites is 1. The van der Waals surface area contributed by atoms with Gasteiger partial charge in [-0.3, -0.25) is 9.69 Å². The first-order chi connectivity index (χ1) is 15.9. The van der Waals surface area contributed by atoms with Crippen molar-refractivity contribution in [1.29, 1.82) is 0 Å². The molecule has 1 aliphatic rings. The summed E-state index contributed by atoms with van der Waals surface area (Å²) in [6.07, 6.45) is 3.82. The molecule has 0 radical (unpaired) electrons. The summed E-state index contributed by atoms with van der Waals surface area (Å²) >= 11 is 19.1. The Morgan fingerprint density at radius 3 is 2.64 bits per heavy atom. The van der Waals surface area contributed by atoms with Gasteiger partial charge in [0.05, 0.1) is 10.6 Å². The molecule has 5 rings (SSSR count). The van der Waals surface area contributed by atoms with Crippen molar-refractivity contribution >= 4 is 80.1 Å². The van der Waals surface area contributed by atoms with Gasteiger partial charge in [-0.2, -0.15) is 0 Å². The molecule has 0 unspecified atom stereocenters. The van der Waals surface area contributed by atoms with Crippen LogP contribution in [-0.4, -0.2) is 14.8 Å². The molecule has 0 N–H and O–H groups in total. The second-order valence-electron chi connectivity index (χ2n) is 7.46. The normalized spacial score (nSPS) is 15.2. The van der Waals surface area contributed by atoms with Gasteiger partial charge in [-0.25, -0.2) is 4.39 Å². The van der Waals surface area contributed by atoms with Crippen LogP contribution in [-0.2, 0) is 11.3 Å². The molecule has 1 aliphatic heterocycles. The largest absolute Gasteiger partial charge is 0.342 e. The first-order valence-electron chi connectivity index (χ1n) is 9.96. The molecular formula is C25H15Cl2FN2OS2. The molecule has 0 bridgehead atoms. The zero-order valence-electron chi connectivity index (χ0n) is 17.0. The average Bonchev–Trinajstić information content (AvgIpc) is 3.27. The van der Waals surface area contributed by atoms with Crippen LogP contribution in [0.5, 0.6) is 0 Å². The number of anilines is 1. The van der Waals surface area contributed by atoms with Gasteiger partial charge in [-0.05, 0) is 48.0 Å². The Hall–Kier alpha value is -2.64. The van der Waals surface area contributed by atoms with Gasteiger partial charge in [0.25, 0.3) is 5.91 Å². The molecule has 0 spiro atoms. The Labute approximate surface area is 209 Å². The number of rotatable bonds is 4. The first-order valence-corrected chi connectivity index (χ1v) is 11.9. The van der Waals surface area contributed by atoms with E-state index in [1.165, 1.54) is 28.8 Å². The number of carbonyl (C=O) groups excluding carboxylic acids is 1. The third kappa shape index (κ3) is 4.32. The number of halogens is 3. The lowest BCUT2D eigenvalue weighted by atomic mass is 10.1. The Balaban J connectivity index is 1.53. The van der Waals surface area contributed by atoms with E-state index in [0.717, 1.165) is 22.0 Å². The number of nitrogens with zero attached hydrogens (tertiary/aromatic N) is 2. The number of carbonyl (C=O) groups is 1. The maximum absolute atomic E-state index is 13.7. The highest BCUT2D eigenvalue weighted by Crippen LogP contribution is 2.37. The van der Waals surface area contributed by atoms with Gasteiger partial charge in [0.1, 0.15) is 5.82 Å². The van der Waals surface area contributed by atoms with E-state index >= 15 is 0 Å². The predicted molar refractivity (Wildman–Crippen MR) is 140 cm³/mol. The Morgan fingerprint density at radius 1 is 1.03 bits per heavy atom. The van der Waals surface area contributed by atoms with Crippen LogP contribution in [0, 0.1) is 5.82 Å². The number of benzene rings is 3. The van der Waals surface area contributed by atoms with E-state index in [-0.39, 0.29) is 5.91 Å². The van der Waals surface area contributed by atoms with Gasteiger partial charge < -0.3 is 4.57 Å². The van der Waals surface area contributed by atoms with Gasteiger partial charge in [-0.1, -0.05) is 77.5 Å². The molecule has 3 aromatic carbocycles. The van der Waals surface area contributed by atoms with Crippen molar-refractivity contribution in [3.05, 3.63) is 105 Å². The summed E-state index contributed by atoms with van der Waals surface area (Å²) in [5, 5.41) is 2.18. The summed E-state index contributed by atoms with van der Waals surface area (Å²) in [6.45, 7) is 0.550. The Kier molecular flexibility index (Phi) is 6.01. The van der Waals surface area contributed by atoms with Gasteiger partial charge in [-0.15, -0.1) is 0 Å². The first kappa shape index (κ1) is 22.2. The zero-order chi connectivity index (χ0) is 23.1. The number of hydrogen-bond acceptors (Lipinski definition) is 3. The van der Waals surface area contributed by atoms with Gasteiger partial charge in [0.2, 0.25) is 0 Å². The topological polar surface area (TPSA) is 25.2 Å². The number of thiocarbonyl (C=S) groups is 1. The third-order valence-corrected chi connectivity index (χ3v) is 7.21. The summed E-state index contributed by atoms with van der Waals surface area (Å²) in [5.74, 6) is -0.692. The molecule has 1 amide bonds. The fraction of sp³-hybridized carbons (Fsp3) is 0.0400. The lowest BCUT2D eigenvalue weighted by Crippen LogP contribution is -2.27. The highest BCUT2D eigenvalue weighted by Gasteiger charge is 2.33. The summed E-state index contributed by atoms with van der Waals surface area (Å²) in [4.78, 5) is 15.0. The van der Waals surface area contributed by atoms with Crippen molar-refractivity contribution < 1.29 is 9.18 Å². The van der Waals surface area contributed by atoms with Crippen LogP contribution in [0.15, 0.2) is 77.8 Å². The molecule has 1 aromatic heterocycles. The summed E-state index contributed by atoms with van der Waals surface area (Å²) in [6, 6.07) is 19.3. The minimum absolute atomic E-state index is 0.270. The Bertz CT molecular complexity index is 1460. The van der Waals surface area contributed by atoms with Crippen molar-refractivity contribution in [3.8, 4) is 0 Å². The summed E-state index contributed by atoms with van der Waals surface area (Å²) < 4.78 is 16.2. The zero-order valence-corrected chi connectivity index (χ0v) is 20.1. The number of hydrogen-bond donors (Lipinski definition) is 0. The highest BCUT2D eigenvalue weighted by atomic mass is 35.5.